The molecule has 0 aromatic heterocycles. The second-order valence-corrected chi connectivity index (χ2v) is 3.16. The SMILES string of the molecule is C1=C(c2ccccc2)CC[CH-]C1.[V]. The van der Waals surface area contributed by atoms with Gasteiger partial charge in [-0.1, -0.05) is 36.8 Å². The van der Waals surface area contributed by atoms with Gasteiger partial charge in [0.05, 0.1) is 0 Å². The van der Waals surface area contributed by atoms with Crippen LogP contribution >= 0.6 is 0 Å². The molecule has 13 heavy (non-hydrogen) atoms. The van der Waals surface area contributed by atoms with Crippen molar-refractivity contribution in [2.45, 2.75) is 19.3 Å². The summed E-state index contributed by atoms with van der Waals surface area (Å²) in [6.45, 7) is 0. The Labute approximate surface area is 91.9 Å². The van der Waals surface area contributed by atoms with E-state index in [1.54, 1.807) is 0 Å². The minimum absolute atomic E-state index is 0. The number of hydrogen-bond acceptors (Lipinski definition) is 0. The Hall–Kier alpha value is -0.456. The molecule has 67 valence electrons. The Morgan fingerprint density at radius 1 is 1.08 bits per heavy atom. The molecule has 0 atom stereocenters. The molecule has 0 N–H and O–H groups in total. The fourth-order valence-corrected chi connectivity index (χ4v) is 1.62. The van der Waals surface area contributed by atoms with Crippen molar-refractivity contribution in [3.05, 3.63) is 48.4 Å². The van der Waals surface area contributed by atoms with E-state index in [0.717, 1.165) is 6.42 Å². The summed E-state index contributed by atoms with van der Waals surface area (Å²) in [6.07, 6.45) is 8.26. The van der Waals surface area contributed by atoms with Gasteiger partial charge in [-0.15, -0.1) is 6.08 Å². The van der Waals surface area contributed by atoms with Crippen LogP contribution in [0.2, 0.25) is 0 Å². The first kappa shape index (κ1) is 10.6. The summed E-state index contributed by atoms with van der Waals surface area (Å²) in [7, 11) is 0. The van der Waals surface area contributed by atoms with Gasteiger partial charge < -0.3 is 6.42 Å². The van der Waals surface area contributed by atoms with Gasteiger partial charge in [0.1, 0.15) is 0 Å². The fourth-order valence-electron chi connectivity index (χ4n) is 1.62. The van der Waals surface area contributed by atoms with Gasteiger partial charge in [0.25, 0.3) is 0 Å². The zero-order valence-electron chi connectivity index (χ0n) is 7.61. The van der Waals surface area contributed by atoms with Crippen LogP contribution in [-0.2, 0) is 18.6 Å². The Kier molecular flexibility index (Phi) is 4.34. The van der Waals surface area contributed by atoms with Crippen LogP contribution < -0.4 is 0 Å². The monoisotopic (exact) mass is 208 g/mol. The summed E-state index contributed by atoms with van der Waals surface area (Å²) < 4.78 is 0. The largest absolute Gasteiger partial charge is 0.324 e. The zero-order valence-corrected chi connectivity index (χ0v) is 9.01. The molecule has 1 aromatic rings. The fraction of sp³-hybridized carbons (Fsp3) is 0.250. The molecular weight excluding hydrogens is 195 g/mol. The van der Waals surface area contributed by atoms with Gasteiger partial charge in [-0.2, -0.15) is 12.8 Å². The van der Waals surface area contributed by atoms with Crippen molar-refractivity contribution < 1.29 is 18.6 Å². The van der Waals surface area contributed by atoms with Crippen molar-refractivity contribution in [3.63, 3.8) is 0 Å². The molecule has 2 rings (SSSR count). The van der Waals surface area contributed by atoms with Gasteiger partial charge in [-0.3, -0.25) is 0 Å². The van der Waals surface area contributed by atoms with E-state index in [2.05, 4.69) is 42.8 Å². The first-order valence-electron chi connectivity index (χ1n) is 4.53. The van der Waals surface area contributed by atoms with Crippen LogP contribution in [0.4, 0.5) is 0 Å². The third kappa shape index (κ3) is 2.75. The standard InChI is InChI=1S/C12H13.V/c1-3-7-11(8-4-1)12-9-5-2-6-10-12;/h1-4,7-9H,5-6,10H2;/q-1;. The summed E-state index contributed by atoms with van der Waals surface area (Å²) in [5.41, 5.74) is 2.91. The van der Waals surface area contributed by atoms with Crippen LogP contribution in [0.5, 0.6) is 0 Å². The van der Waals surface area contributed by atoms with E-state index < -0.39 is 0 Å². The van der Waals surface area contributed by atoms with Gasteiger partial charge in [-0.05, 0) is 11.1 Å². The van der Waals surface area contributed by atoms with Crippen molar-refractivity contribution >= 4 is 5.57 Å². The smallest absolute Gasteiger partial charge is 0 e. The summed E-state index contributed by atoms with van der Waals surface area (Å²) in [6, 6.07) is 10.7. The molecule has 0 amide bonds. The molecule has 0 bridgehead atoms. The van der Waals surface area contributed by atoms with E-state index in [1.807, 2.05) is 0 Å². The maximum atomic E-state index is 2.34. The molecule has 0 unspecified atom stereocenters. The average molecular weight is 208 g/mol. The summed E-state index contributed by atoms with van der Waals surface area (Å²) in [5.74, 6) is 0. The third-order valence-corrected chi connectivity index (χ3v) is 2.29. The maximum Gasteiger partial charge on any atom is 0 e. The quantitative estimate of drug-likeness (QED) is 0.620. The van der Waals surface area contributed by atoms with Crippen LogP contribution in [-0.4, -0.2) is 0 Å². The molecule has 0 spiro atoms. The molecule has 0 heterocycles. The number of allylic oxidation sites excluding steroid dienone is 2. The Morgan fingerprint density at radius 3 is 2.46 bits per heavy atom. The molecule has 1 aromatic carbocycles. The van der Waals surface area contributed by atoms with Crippen molar-refractivity contribution in [2.75, 3.05) is 0 Å². The predicted octanol–water partition coefficient (Wildman–Crippen LogP) is 3.46. The van der Waals surface area contributed by atoms with Crippen molar-refractivity contribution in [1.82, 2.24) is 0 Å². The molecule has 0 nitrogen and oxygen atoms in total. The van der Waals surface area contributed by atoms with E-state index in [4.69, 9.17) is 0 Å². The third-order valence-electron chi connectivity index (χ3n) is 2.29. The second kappa shape index (κ2) is 5.31. The molecule has 0 aliphatic heterocycles. The molecular formula is C12H13V-. The number of benzene rings is 1. The molecule has 1 aliphatic rings. The van der Waals surface area contributed by atoms with E-state index >= 15 is 0 Å². The van der Waals surface area contributed by atoms with Crippen molar-refractivity contribution in [3.8, 4) is 0 Å². The van der Waals surface area contributed by atoms with Crippen LogP contribution in [0.15, 0.2) is 36.4 Å². The summed E-state index contributed by atoms with van der Waals surface area (Å²) >= 11 is 0. The van der Waals surface area contributed by atoms with Gasteiger partial charge in [0.15, 0.2) is 0 Å². The Bertz CT molecular complexity index is 274. The molecule has 0 saturated heterocycles. The summed E-state index contributed by atoms with van der Waals surface area (Å²) in [5, 5.41) is 0. The molecule has 0 fully saturated rings. The average Bonchev–Trinajstić information content (AvgIpc) is 2.21. The second-order valence-electron chi connectivity index (χ2n) is 3.16. The van der Waals surface area contributed by atoms with Crippen LogP contribution in [0.1, 0.15) is 24.8 Å². The van der Waals surface area contributed by atoms with Crippen LogP contribution in [0, 0.1) is 6.42 Å². The Balaban J connectivity index is 0.000000845. The maximum absolute atomic E-state index is 2.34. The predicted molar refractivity (Wildman–Crippen MR) is 52.6 cm³/mol. The van der Waals surface area contributed by atoms with Gasteiger partial charge >= 0.3 is 0 Å². The number of hydrogen-bond donors (Lipinski definition) is 0. The molecule has 1 radical (unpaired) electrons. The molecule has 0 saturated carbocycles. The normalized spacial score (nSPS) is 15.8. The Morgan fingerprint density at radius 2 is 1.85 bits per heavy atom. The minimum atomic E-state index is 0. The zero-order chi connectivity index (χ0) is 8.23. The topological polar surface area (TPSA) is 0 Å². The van der Waals surface area contributed by atoms with Gasteiger partial charge in [-0.25, -0.2) is 0 Å². The number of rotatable bonds is 1. The van der Waals surface area contributed by atoms with Crippen molar-refractivity contribution in [1.29, 1.82) is 0 Å². The minimum Gasteiger partial charge on any atom is -0.324 e. The van der Waals surface area contributed by atoms with Crippen LogP contribution in [0.25, 0.3) is 5.57 Å². The van der Waals surface area contributed by atoms with Crippen LogP contribution in [0.3, 0.4) is 0 Å². The van der Waals surface area contributed by atoms with E-state index in [0.29, 0.717) is 0 Å². The van der Waals surface area contributed by atoms with E-state index in [1.165, 1.54) is 24.0 Å². The van der Waals surface area contributed by atoms with Gasteiger partial charge in [0.2, 0.25) is 0 Å². The summed E-state index contributed by atoms with van der Waals surface area (Å²) in [4.78, 5) is 0. The van der Waals surface area contributed by atoms with E-state index in [9.17, 15) is 0 Å². The van der Waals surface area contributed by atoms with Gasteiger partial charge in [0, 0.05) is 18.6 Å². The first-order chi connectivity index (χ1) is 5.97. The first-order valence-corrected chi connectivity index (χ1v) is 4.53. The molecule has 1 aliphatic carbocycles. The van der Waals surface area contributed by atoms with E-state index in [-0.39, 0.29) is 18.6 Å². The molecule has 1 heteroatoms. The van der Waals surface area contributed by atoms with Crippen molar-refractivity contribution in [2.24, 2.45) is 0 Å².